The molecule has 2 aromatic carbocycles. The number of carbonyl (C=O) groups is 1. The zero-order chi connectivity index (χ0) is 15.7. The van der Waals surface area contributed by atoms with Crippen LogP contribution in [0.1, 0.15) is 12.5 Å². The second-order valence-electron chi connectivity index (χ2n) is 5.22. The lowest BCUT2D eigenvalue weighted by Crippen LogP contribution is -2.48. The SMILES string of the molecule is Cc1ccc(Sc2ccc3c(c2)=NC(C)(NC(=O)[O-])N=3)cc1. The van der Waals surface area contributed by atoms with Crippen LogP contribution in [-0.2, 0) is 0 Å². The second-order valence-corrected chi connectivity index (χ2v) is 6.37. The minimum absolute atomic E-state index is 0.671. The Morgan fingerprint density at radius 3 is 2.41 bits per heavy atom. The van der Waals surface area contributed by atoms with Gasteiger partial charge in [-0.15, -0.1) is 0 Å². The van der Waals surface area contributed by atoms with Crippen molar-refractivity contribution in [1.82, 2.24) is 5.32 Å². The molecule has 6 heteroatoms. The van der Waals surface area contributed by atoms with E-state index in [2.05, 4.69) is 46.5 Å². The third-order valence-electron chi connectivity index (χ3n) is 3.22. The van der Waals surface area contributed by atoms with Crippen molar-refractivity contribution >= 4 is 17.9 Å². The maximum absolute atomic E-state index is 10.7. The number of nitrogens with one attached hydrogen (secondary N) is 1. The Kier molecular flexibility index (Phi) is 3.62. The van der Waals surface area contributed by atoms with Gasteiger partial charge in [0.1, 0.15) is 6.09 Å². The Hall–Kier alpha value is -2.34. The summed E-state index contributed by atoms with van der Waals surface area (Å²) >= 11 is 1.63. The van der Waals surface area contributed by atoms with E-state index in [0.29, 0.717) is 10.7 Å². The van der Waals surface area contributed by atoms with E-state index in [1.54, 1.807) is 18.7 Å². The van der Waals surface area contributed by atoms with Crippen molar-refractivity contribution < 1.29 is 9.90 Å². The first-order chi connectivity index (χ1) is 10.4. The van der Waals surface area contributed by atoms with E-state index in [9.17, 15) is 9.90 Å². The van der Waals surface area contributed by atoms with E-state index in [1.165, 1.54) is 5.56 Å². The molecular formula is C16H14N3O2S-. The quantitative estimate of drug-likeness (QED) is 0.919. The predicted octanol–water partition coefficient (Wildman–Crippen LogP) is 1.01. The highest BCUT2D eigenvalue weighted by atomic mass is 32.2. The number of carboxylic acid groups (broad SMARTS) is 1. The molecule has 2 aromatic rings. The highest BCUT2D eigenvalue weighted by Crippen LogP contribution is 2.26. The molecule has 1 heterocycles. The van der Waals surface area contributed by atoms with Gasteiger partial charge in [-0.1, -0.05) is 29.5 Å². The molecule has 0 saturated carbocycles. The first-order valence-electron chi connectivity index (χ1n) is 6.77. The summed E-state index contributed by atoms with van der Waals surface area (Å²) < 4.78 is 0. The topological polar surface area (TPSA) is 76.9 Å². The normalized spacial score (nSPS) is 19.0. The highest BCUT2D eigenvalue weighted by molar-refractivity contribution is 7.99. The lowest BCUT2D eigenvalue weighted by Gasteiger charge is -2.20. The zero-order valence-electron chi connectivity index (χ0n) is 12.2. The number of amides is 1. The van der Waals surface area contributed by atoms with Crippen molar-refractivity contribution in [2.75, 3.05) is 0 Å². The van der Waals surface area contributed by atoms with E-state index in [1.807, 2.05) is 18.2 Å². The lowest BCUT2D eigenvalue weighted by molar-refractivity contribution is -0.252. The van der Waals surface area contributed by atoms with Gasteiger partial charge in [0.25, 0.3) is 0 Å². The number of rotatable bonds is 3. The molecule has 0 saturated heterocycles. The van der Waals surface area contributed by atoms with Gasteiger partial charge in [-0.2, -0.15) is 0 Å². The molecule has 1 amide bonds. The minimum Gasteiger partial charge on any atom is -0.530 e. The fourth-order valence-corrected chi connectivity index (χ4v) is 3.09. The molecule has 1 atom stereocenters. The molecule has 0 spiro atoms. The van der Waals surface area contributed by atoms with Crippen LogP contribution >= 0.6 is 11.8 Å². The highest BCUT2D eigenvalue weighted by Gasteiger charge is 2.24. The van der Waals surface area contributed by atoms with Crippen LogP contribution in [0.15, 0.2) is 62.2 Å². The van der Waals surface area contributed by atoms with Gasteiger partial charge in [0.05, 0.1) is 10.7 Å². The molecule has 112 valence electrons. The number of hydrogen-bond acceptors (Lipinski definition) is 5. The van der Waals surface area contributed by atoms with Crippen LogP contribution in [0.4, 0.5) is 4.79 Å². The predicted molar refractivity (Wildman–Crippen MR) is 81.0 cm³/mol. The van der Waals surface area contributed by atoms with E-state index in [0.717, 1.165) is 9.79 Å². The molecule has 0 aromatic heterocycles. The maximum Gasteiger partial charge on any atom is 0.224 e. The largest absolute Gasteiger partial charge is 0.530 e. The first kappa shape index (κ1) is 14.6. The standard InChI is InChI=1S/C16H15N3O2S/c1-10-3-5-11(6-4-10)22-12-7-8-13-14(9-12)18-16(2,17-13)19-15(20)21/h3-9,19H,1-2H3,(H,20,21)/p-1. The molecule has 0 fully saturated rings. The molecule has 1 aliphatic heterocycles. The summed E-state index contributed by atoms with van der Waals surface area (Å²) in [4.78, 5) is 21.5. The van der Waals surface area contributed by atoms with Gasteiger partial charge in [-0.05, 0) is 37.3 Å². The Bertz CT molecular complexity index is 849. The van der Waals surface area contributed by atoms with E-state index in [-0.39, 0.29) is 0 Å². The number of fused-ring (bicyclic) bond motifs is 1. The third kappa shape index (κ3) is 3.12. The van der Waals surface area contributed by atoms with Crippen LogP contribution in [0.3, 0.4) is 0 Å². The minimum atomic E-state index is -1.39. The van der Waals surface area contributed by atoms with Gasteiger partial charge in [-0.3, -0.25) is 0 Å². The van der Waals surface area contributed by atoms with Crippen molar-refractivity contribution in [3.8, 4) is 0 Å². The number of hydrogen-bond donors (Lipinski definition) is 1. The van der Waals surface area contributed by atoms with E-state index in [4.69, 9.17) is 0 Å². The molecule has 1 unspecified atom stereocenters. The van der Waals surface area contributed by atoms with Crippen LogP contribution in [0.25, 0.3) is 0 Å². The van der Waals surface area contributed by atoms with Crippen molar-refractivity contribution in [3.63, 3.8) is 0 Å². The molecule has 22 heavy (non-hydrogen) atoms. The Balaban J connectivity index is 1.89. The van der Waals surface area contributed by atoms with Crippen LogP contribution in [0, 0.1) is 6.92 Å². The lowest BCUT2D eigenvalue weighted by atomic mass is 10.2. The summed E-state index contributed by atoms with van der Waals surface area (Å²) in [5, 5.41) is 14.3. The average molecular weight is 312 g/mol. The molecule has 3 rings (SSSR count). The van der Waals surface area contributed by atoms with Crippen LogP contribution < -0.4 is 21.1 Å². The van der Waals surface area contributed by atoms with Crippen molar-refractivity contribution in [3.05, 3.63) is 58.7 Å². The number of carbonyl (C=O) groups excluding carboxylic acids is 1. The molecule has 0 aliphatic carbocycles. The number of benzene rings is 2. The summed E-state index contributed by atoms with van der Waals surface area (Å²) in [5.41, 5.74) is 1.22. The Morgan fingerprint density at radius 1 is 1.09 bits per heavy atom. The van der Waals surface area contributed by atoms with Crippen molar-refractivity contribution in [2.24, 2.45) is 9.98 Å². The number of nitrogens with zero attached hydrogens (tertiary/aromatic N) is 2. The molecular weight excluding hydrogens is 298 g/mol. The Labute approximate surface area is 131 Å². The monoisotopic (exact) mass is 312 g/mol. The van der Waals surface area contributed by atoms with Crippen LogP contribution in [0.2, 0.25) is 0 Å². The van der Waals surface area contributed by atoms with Crippen LogP contribution in [0.5, 0.6) is 0 Å². The first-order valence-corrected chi connectivity index (χ1v) is 7.59. The molecule has 1 N–H and O–H groups in total. The number of aryl methyl sites for hydroxylation is 1. The molecule has 0 bridgehead atoms. The third-order valence-corrected chi connectivity index (χ3v) is 4.22. The fourth-order valence-electron chi connectivity index (χ4n) is 2.24. The van der Waals surface area contributed by atoms with Crippen LogP contribution in [-0.4, -0.2) is 11.9 Å². The molecule has 1 aliphatic rings. The van der Waals surface area contributed by atoms with Gasteiger partial charge < -0.3 is 15.2 Å². The Morgan fingerprint density at radius 2 is 1.73 bits per heavy atom. The molecule has 0 radical (unpaired) electrons. The maximum atomic E-state index is 10.7. The summed E-state index contributed by atoms with van der Waals surface area (Å²) in [7, 11) is 0. The van der Waals surface area contributed by atoms with Gasteiger partial charge in [0.15, 0.2) is 0 Å². The van der Waals surface area contributed by atoms with Gasteiger partial charge in [0.2, 0.25) is 5.79 Å². The zero-order valence-corrected chi connectivity index (χ0v) is 13.0. The molecule has 5 nitrogen and oxygen atoms in total. The van der Waals surface area contributed by atoms with Gasteiger partial charge in [0, 0.05) is 16.7 Å². The van der Waals surface area contributed by atoms with Gasteiger partial charge in [-0.25, -0.2) is 9.98 Å². The second kappa shape index (κ2) is 5.46. The van der Waals surface area contributed by atoms with E-state index >= 15 is 0 Å². The van der Waals surface area contributed by atoms with Crippen molar-refractivity contribution in [2.45, 2.75) is 29.4 Å². The van der Waals surface area contributed by atoms with Crippen molar-refractivity contribution in [1.29, 1.82) is 0 Å². The average Bonchev–Trinajstić information content (AvgIpc) is 2.75. The van der Waals surface area contributed by atoms with E-state index < -0.39 is 11.9 Å². The summed E-state index contributed by atoms with van der Waals surface area (Å²) in [6, 6.07) is 14.0. The summed E-state index contributed by atoms with van der Waals surface area (Å²) in [5.74, 6) is -1.20. The van der Waals surface area contributed by atoms with Gasteiger partial charge >= 0.3 is 0 Å². The smallest absolute Gasteiger partial charge is 0.224 e. The fraction of sp³-hybridized carbons (Fsp3) is 0.188. The summed E-state index contributed by atoms with van der Waals surface area (Å²) in [6.45, 7) is 3.64. The summed E-state index contributed by atoms with van der Waals surface area (Å²) in [6.07, 6.45) is -1.39.